The summed E-state index contributed by atoms with van der Waals surface area (Å²) in [5, 5.41) is 2.83. The molecule has 0 saturated carbocycles. The van der Waals surface area contributed by atoms with Gasteiger partial charge in [0.05, 0.1) is 10.3 Å². The smallest absolute Gasteiger partial charge is 0.325 e. The van der Waals surface area contributed by atoms with Crippen molar-refractivity contribution in [2.24, 2.45) is 0 Å². The van der Waals surface area contributed by atoms with Crippen LogP contribution in [0, 0.1) is 0 Å². The number of imide groups is 1. The number of thiophene rings is 1. The van der Waals surface area contributed by atoms with E-state index in [0.717, 1.165) is 14.2 Å². The Morgan fingerprint density at radius 2 is 2.04 bits per heavy atom. The minimum Gasteiger partial charge on any atom is -0.454 e. The number of hydrogen-bond donors (Lipinski definition) is 1. The van der Waals surface area contributed by atoms with Crippen molar-refractivity contribution in [3.63, 3.8) is 0 Å². The number of rotatable bonds is 4. The maximum absolute atomic E-state index is 12.9. The molecule has 1 unspecified atom stereocenters. The first-order chi connectivity index (χ1) is 11.9. The molecule has 0 bridgehead atoms. The van der Waals surface area contributed by atoms with Crippen LogP contribution in [0.1, 0.15) is 17.4 Å². The van der Waals surface area contributed by atoms with Crippen molar-refractivity contribution in [2.45, 2.75) is 25.4 Å². The summed E-state index contributed by atoms with van der Waals surface area (Å²) in [6, 6.07) is 9.01. The Kier molecular flexibility index (Phi) is 3.96. The van der Waals surface area contributed by atoms with Gasteiger partial charge in [-0.2, -0.15) is 0 Å². The lowest BCUT2D eigenvalue weighted by atomic mass is 9.92. The Labute approximate surface area is 156 Å². The molecule has 1 aromatic heterocycles. The van der Waals surface area contributed by atoms with Crippen LogP contribution in [-0.4, -0.2) is 29.2 Å². The third-order valence-corrected chi connectivity index (χ3v) is 5.89. The molecule has 2 aliphatic heterocycles. The highest BCUT2D eigenvalue weighted by atomic mass is 79.9. The standard InChI is InChI=1S/C17H15BrN2O4S/c1-17(7-10-2-4-12-13(6-10)24-9-23-12)15(21)20(16(22)19-17)8-11-3-5-14(18)25-11/h2-6H,7-9H2,1H3,(H,19,22). The van der Waals surface area contributed by atoms with Crippen LogP contribution >= 0.6 is 27.3 Å². The molecule has 0 radical (unpaired) electrons. The molecular formula is C17H15BrN2O4S. The zero-order valence-corrected chi connectivity index (χ0v) is 15.8. The van der Waals surface area contributed by atoms with Crippen LogP contribution in [0.5, 0.6) is 11.5 Å². The maximum atomic E-state index is 12.9. The Balaban J connectivity index is 1.53. The summed E-state index contributed by atoms with van der Waals surface area (Å²) < 4.78 is 11.7. The molecule has 6 nitrogen and oxygen atoms in total. The lowest BCUT2D eigenvalue weighted by Gasteiger charge is -2.21. The number of ether oxygens (including phenoxy) is 2. The number of nitrogens with zero attached hydrogens (tertiary/aromatic N) is 1. The largest absolute Gasteiger partial charge is 0.454 e. The monoisotopic (exact) mass is 422 g/mol. The molecule has 3 heterocycles. The van der Waals surface area contributed by atoms with Gasteiger partial charge in [-0.15, -0.1) is 11.3 Å². The topological polar surface area (TPSA) is 67.9 Å². The van der Waals surface area contributed by atoms with Gasteiger partial charge in [0.1, 0.15) is 5.54 Å². The van der Waals surface area contributed by atoms with Crippen LogP contribution < -0.4 is 14.8 Å². The van der Waals surface area contributed by atoms with Gasteiger partial charge in [0.25, 0.3) is 5.91 Å². The Bertz CT molecular complexity index is 868. The minimum atomic E-state index is -0.973. The van der Waals surface area contributed by atoms with E-state index in [-0.39, 0.29) is 25.3 Å². The van der Waals surface area contributed by atoms with E-state index >= 15 is 0 Å². The van der Waals surface area contributed by atoms with E-state index in [1.807, 2.05) is 30.3 Å². The lowest BCUT2D eigenvalue weighted by molar-refractivity contribution is -0.131. The second-order valence-electron chi connectivity index (χ2n) is 6.22. The molecule has 1 aromatic carbocycles. The summed E-state index contributed by atoms with van der Waals surface area (Å²) in [5.74, 6) is 1.14. The number of carbonyl (C=O) groups excluding carboxylic acids is 2. The predicted octanol–water partition coefficient (Wildman–Crippen LogP) is 3.29. The van der Waals surface area contributed by atoms with Gasteiger partial charge in [0, 0.05) is 11.3 Å². The van der Waals surface area contributed by atoms with E-state index in [0.29, 0.717) is 17.9 Å². The normalized spacial score (nSPS) is 21.8. The molecule has 1 fully saturated rings. The van der Waals surface area contributed by atoms with Gasteiger partial charge < -0.3 is 14.8 Å². The van der Waals surface area contributed by atoms with Crippen LogP contribution in [0.2, 0.25) is 0 Å². The molecule has 2 aliphatic rings. The molecule has 130 valence electrons. The van der Waals surface area contributed by atoms with Crippen molar-refractivity contribution >= 4 is 39.2 Å². The van der Waals surface area contributed by atoms with E-state index in [1.54, 1.807) is 6.92 Å². The van der Waals surface area contributed by atoms with E-state index < -0.39 is 5.54 Å². The summed E-state index contributed by atoms with van der Waals surface area (Å²) in [6.07, 6.45) is 0.388. The van der Waals surface area contributed by atoms with Gasteiger partial charge in [-0.05, 0) is 52.7 Å². The number of benzene rings is 1. The van der Waals surface area contributed by atoms with Crippen LogP contribution in [-0.2, 0) is 17.8 Å². The molecule has 4 rings (SSSR count). The minimum absolute atomic E-state index is 0.204. The Morgan fingerprint density at radius 1 is 1.24 bits per heavy atom. The number of amides is 3. The van der Waals surface area contributed by atoms with Gasteiger partial charge >= 0.3 is 6.03 Å². The predicted molar refractivity (Wildman–Crippen MR) is 95.8 cm³/mol. The third kappa shape index (κ3) is 3.00. The molecule has 8 heteroatoms. The van der Waals surface area contributed by atoms with Crippen molar-refractivity contribution in [1.82, 2.24) is 10.2 Å². The average Bonchev–Trinajstić information content (AvgIpc) is 3.23. The Hall–Kier alpha value is -2.06. The maximum Gasteiger partial charge on any atom is 0.325 e. The quantitative estimate of drug-likeness (QED) is 0.767. The summed E-state index contributed by atoms with van der Waals surface area (Å²) in [6.45, 7) is 2.23. The molecule has 1 N–H and O–H groups in total. The fourth-order valence-electron chi connectivity index (χ4n) is 3.06. The fraction of sp³-hybridized carbons (Fsp3) is 0.294. The molecule has 25 heavy (non-hydrogen) atoms. The van der Waals surface area contributed by atoms with E-state index in [4.69, 9.17) is 9.47 Å². The van der Waals surface area contributed by atoms with Crippen molar-refractivity contribution in [1.29, 1.82) is 0 Å². The van der Waals surface area contributed by atoms with Crippen LogP contribution in [0.3, 0.4) is 0 Å². The summed E-state index contributed by atoms with van der Waals surface area (Å²) in [4.78, 5) is 27.4. The van der Waals surface area contributed by atoms with Crippen LogP contribution in [0.4, 0.5) is 4.79 Å². The number of nitrogens with one attached hydrogen (secondary N) is 1. The zero-order valence-electron chi connectivity index (χ0n) is 13.4. The van der Waals surface area contributed by atoms with Crippen molar-refractivity contribution < 1.29 is 19.1 Å². The van der Waals surface area contributed by atoms with Gasteiger partial charge in [0.15, 0.2) is 11.5 Å². The Morgan fingerprint density at radius 3 is 2.80 bits per heavy atom. The zero-order chi connectivity index (χ0) is 17.6. The molecule has 0 spiro atoms. The summed E-state index contributed by atoms with van der Waals surface area (Å²) >= 11 is 4.90. The van der Waals surface area contributed by atoms with E-state index in [9.17, 15) is 9.59 Å². The highest BCUT2D eigenvalue weighted by molar-refractivity contribution is 9.11. The molecule has 1 saturated heterocycles. The van der Waals surface area contributed by atoms with Gasteiger partial charge in [-0.3, -0.25) is 9.69 Å². The highest BCUT2D eigenvalue weighted by Gasteiger charge is 2.47. The molecule has 2 aromatic rings. The first-order valence-corrected chi connectivity index (χ1v) is 9.32. The third-order valence-electron chi connectivity index (χ3n) is 4.28. The van der Waals surface area contributed by atoms with Gasteiger partial charge in [-0.25, -0.2) is 4.79 Å². The van der Waals surface area contributed by atoms with Crippen molar-refractivity contribution in [2.75, 3.05) is 6.79 Å². The van der Waals surface area contributed by atoms with Gasteiger partial charge in [0.2, 0.25) is 6.79 Å². The van der Waals surface area contributed by atoms with Crippen LogP contribution in [0.15, 0.2) is 34.1 Å². The summed E-state index contributed by atoms with van der Waals surface area (Å²) in [7, 11) is 0. The van der Waals surface area contributed by atoms with Crippen molar-refractivity contribution in [3.8, 4) is 11.5 Å². The number of fused-ring (bicyclic) bond motifs is 1. The van der Waals surface area contributed by atoms with E-state index in [2.05, 4.69) is 21.2 Å². The highest BCUT2D eigenvalue weighted by Crippen LogP contribution is 2.34. The second-order valence-corrected chi connectivity index (χ2v) is 8.77. The number of hydrogen-bond acceptors (Lipinski definition) is 5. The second kappa shape index (κ2) is 6.03. The van der Waals surface area contributed by atoms with Crippen LogP contribution in [0.25, 0.3) is 0 Å². The van der Waals surface area contributed by atoms with Crippen molar-refractivity contribution in [3.05, 3.63) is 44.6 Å². The first kappa shape index (κ1) is 16.4. The lowest BCUT2D eigenvalue weighted by Crippen LogP contribution is -2.45. The molecule has 3 amide bonds. The van der Waals surface area contributed by atoms with Gasteiger partial charge in [-0.1, -0.05) is 6.07 Å². The number of carbonyl (C=O) groups is 2. The average molecular weight is 423 g/mol. The molecular weight excluding hydrogens is 408 g/mol. The SMILES string of the molecule is CC1(Cc2ccc3c(c2)OCO3)NC(=O)N(Cc2ccc(Br)s2)C1=O. The first-order valence-electron chi connectivity index (χ1n) is 7.71. The molecule has 0 aliphatic carbocycles. The summed E-state index contributed by atoms with van der Waals surface area (Å²) in [5.41, 5.74) is -0.0691. The number of urea groups is 1. The number of halogens is 1. The van der Waals surface area contributed by atoms with E-state index in [1.165, 1.54) is 16.2 Å². The fourth-order valence-corrected chi connectivity index (χ4v) is 4.53. The molecule has 1 atom stereocenters.